The standard InChI is InChI=1S/C31H40FN7/c1-4-5-6-7-8-9-10-11-18-31(2,3)29-17-13-16-25(34-29)21-39-22-28(37-38-39)27-20-26(35-30(33)36-27)23-14-12-15-24(32)19-23/h12-17,19-20,22H,4-11,18,21H2,1-3H3,(H2,33,35,36). The molecule has 2 N–H and O–H groups in total. The lowest BCUT2D eigenvalue weighted by Gasteiger charge is -2.24. The number of hydrogen-bond donors (Lipinski definition) is 1. The Morgan fingerprint density at radius 3 is 2.31 bits per heavy atom. The molecule has 0 aliphatic rings. The molecule has 3 aromatic heterocycles. The minimum absolute atomic E-state index is 0.0115. The second kappa shape index (κ2) is 13.4. The second-order valence-electron chi connectivity index (χ2n) is 10.9. The molecule has 4 rings (SSSR count). The van der Waals surface area contributed by atoms with Crippen molar-refractivity contribution in [2.45, 2.75) is 90.5 Å². The van der Waals surface area contributed by atoms with Crippen molar-refractivity contribution < 1.29 is 4.39 Å². The maximum Gasteiger partial charge on any atom is 0.221 e. The zero-order valence-corrected chi connectivity index (χ0v) is 23.4. The van der Waals surface area contributed by atoms with E-state index in [1.807, 2.05) is 12.3 Å². The van der Waals surface area contributed by atoms with Gasteiger partial charge in [-0.2, -0.15) is 0 Å². The normalized spacial score (nSPS) is 11.7. The first-order valence-electron chi connectivity index (χ1n) is 14.1. The lowest BCUT2D eigenvalue weighted by molar-refractivity contribution is 0.429. The Morgan fingerprint density at radius 1 is 0.821 bits per heavy atom. The van der Waals surface area contributed by atoms with Crippen LogP contribution in [0, 0.1) is 5.82 Å². The molecule has 0 aliphatic heterocycles. The van der Waals surface area contributed by atoms with Crippen LogP contribution in [0.3, 0.4) is 0 Å². The average molecular weight is 530 g/mol. The molecule has 0 aliphatic carbocycles. The summed E-state index contributed by atoms with van der Waals surface area (Å²) < 4.78 is 15.5. The molecule has 0 amide bonds. The highest BCUT2D eigenvalue weighted by Crippen LogP contribution is 2.29. The summed E-state index contributed by atoms with van der Waals surface area (Å²) in [4.78, 5) is 13.6. The first-order valence-corrected chi connectivity index (χ1v) is 14.1. The van der Waals surface area contributed by atoms with Crippen LogP contribution in [0.2, 0.25) is 0 Å². The molecule has 0 saturated carbocycles. The van der Waals surface area contributed by atoms with Gasteiger partial charge >= 0.3 is 0 Å². The predicted octanol–water partition coefficient (Wildman–Crippen LogP) is 7.38. The average Bonchev–Trinajstić information content (AvgIpc) is 3.38. The summed E-state index contributed by atoms with van der Waals surface area (Å²) in [5, 5.41) is 8.58. The van der Waals surface area contributed by atoms with E-state index < -0.39 is 0 Å². The number of aromatic nitrogens is 6. The summed E-state index contributed by atoms with van der Waals surface area (Å²) in [6.45, 7) is 7.32. The van der Waals surface area contributed by atoms with Gasteiger partial charge in [-0.25, -0.2) is 19.0 Å². The summed E-state index contributed by atoms with van der Waals surface area (Å²) in [5.41, 5.74) is 10.2. The van der Waals surface area contributed by atoms with Crippen LogP contribution in [-0.2, 0) is 12.0 Å². The van der Waals surface area contributed by atoms with Gasteiger partial charge in [-0.3, -0.25) is 4.98 Å². The van der Waals surface area contributed by atoms with Crippen LogP contribution in [0.4, 0.5) is 10.3 Å². The topological polar surface area (TPSA) is 95.4 Å². The molecule has 0 bridgehead atoms. The molecule has 0 fully saturated rings. The maximum atomic E-state index is 13.7. The summed E-state index contributed by atoms with van der Waals surface area (Å²) in [5.74, 6) is -0.248. The number of nitrogens with zero attached hydrogens (tertiary/aromatic N) is 6. The van der Waals surface area contributed by atoms with Gasteiger partial charge in [-0.1, -0.05) is 95.6 Å². The van der Waals surface area contributed by atoms with Crippen molar-refractivity contribution in [3.05, 3.63) is 71.9 Å². The highest BCUT2D eigenvalue weighted by molar-refractivity contribution is 5.67. The largest absolute Gasteiger partial charge is 0.368 e. The molecule has 0 saturated heterocycles. The smallest absolute Gasteiger partial charge is 0.221 e. The van der Waals surface area contributed by atoms with Crippen molar-refractivity contribution in [2.75, 3.05) is 5.73 Å². The van der Waals surface area contributed by atoms with Gasteiger partial charge in [-0.05, 0) is 36.8 Å². The molecule has 0 unspecified atom stereocenters. The van der Waals surface area contributed by atoms with E-state index in [2.05, 4.69) is 53.2 Å². The van der Waals surface area contributed by atoms with Crippen LogP contribution >= 0.6 is 0 Å². The minimum atomic E-state index is -0.340. The van der Waals surface area contributed by atoms with Crippen molar-refractivity contribution in [2.24, 2.45) is 0 Å². The third-order valence-corrected chi connectivity index (χ3v) is 7.14. The van der Waals surface area contributed by atoms with E-state index in [4.69, 9.17) is 10.7 Å². The molecule has 8 heteroatoms. The number of nitrogen functional groups attached to an aromatic ring is 1. The van der Waals surface area contributed by atoms with E-state index in [0.717, 1.165) is 17.8 Å². The minimum Gasteiger partial charge on any atom is -0.368 e. The number of pyridine rings is 1. The van der Waals surface area contributed by atoms with E-state index in [9.17, 15) is 4.39 Å². The van der Waals surface area contributed by atoms with E-state index >= 15 is 0 Å². The lowest BCUT2D eigenvalue weighted by Crippen LogP contribution is -2.20. The molecular formula is C31H40FN7. The Morgan fingerprint density at radius 2 is 1.54 bits per heavy atom. The van der Waals surface area contributed by atoms with E-state index in [1.54, 1.807) is 22.9 Å². The molecule has 4 aromatic rings. The maximum absolute atomic E-state index is 13.7. The van der Waals surface area contributed by atoms with E-state index in [-0.39, 0.29) is 17.2 Å². The third kappa shape index (κ3) is 8.15. The second-order valence-corrected chi connectivity index (χ2v) is 10.9. The van der Waals surface area contributed by atoms with Crippen LogP contribution in [0.5, 0.6) is 0 Å². The van der Waals surface area contributed by atoms with Crippen molar-refractivity contribution in [1.82, 2.24) is 29.9 Å². The monoisotopic (exact) mass is 529 g/mol. The van der Waals surface area contributed by atoms with Crippen molar-refractivity contribution in [3.8, 4) is 22.6 Å². The van der Waals surface area contributed by atoms with Gasteiger partial charge in [0.05, 0.1) is 29.8 Å². The van der Waals surface area contributed by atoms with Crippen LogP contribution in [0.25, 0.3) is 22.6 Å². The lowest BCUT2D eigenvalue weighted by atomic mass is 9.83. The van der Waals surface area contributed by atoms with Gasteiger partial charge < -0.3 is 5.73 Å². The fourth-order valence-corrected chi connectivity index (χ4v) is 4.83. The van der Waals surface area contributed by atoms with Crippen molar-refractivity contribution >= 4 is 5.95 Å². The number of rotatable bonds is 14. The van der Waals surface area contributed by atoms with Crippen LogP contribution in [-0.4, -0.2) is 29.9 Å². The number of hydrogen-bond acceptors (Lipinski definition) is 6. The number of halogens is 1. The predicted molar refractivity (Wildman–Crippen MR) is 154 cm³/mol. The zero-order valence-electron chi connectivity index (χ0n) is 23.4. The Hall–Kier alpha value is -3.68. The first kappa shape index (κ1) is 28.3. The van der Waals surface area contributed by atoms with Crippen LogP contribution in [0.15, 0.2) is 54.7 Å². The Kier molecular flexibility index (Phi) is 9.74. The van der Waals surface area contributed by atoms with Crippen LogP contribution in [0.1, 0.15) is 89.9 Å². The molecule has 206 valence electrons. The number of anilines is 1. The van der Waals surface area contributed by atoms with E-state index in [1.165, 1.54) is 63.5 Å². The fourth-order valence-electron chi connectivity index (χ4n) is 4.83. The number of benzene rings is 1. The third-order valence-electron chi connectivity index (χ3n) is 7.14. The van der Waals surface area contributed by atoms with Crippen molar-refractivity contribution in [1.29, 1.82) is 0 Å². The molecule has 0 atom stereocenters. The Bertz CT molecular complexity index is 1350. The summed E-state index contributed by atoms with van der Waals surface area (Å²) in [6.07, 6.45) is 13.5. The molecule has 39 heavy (non-hydrogen) atoms. The van der Waals surface area contributed by atoms with Gasteiger partial charge in [-0.15, -0.1) is 5.10 Å². The quantitative estimate of drug-likeness (QED) is 0.171. The van der Waals surface area contributed by atoms with Gasteiger partial charge in [0.2, 0.25) is 5.95 Å². The molecule has 0 spiro atoms. The Labute approximate surface area is 231 Å². The fraction of sp³-hybridized carbons (Fsp3) is 0.452. The molecule has 1 aromatic carbocycles. The van der Waals surface area contributed by atoms with Gasteiger partial charge in [0.1, 0.15) is 11.5 Å². The summed E-state index contributed by atoms with van der Waals surface area (Å²) >= 11 is 0. The van der Waals surface area contributed by atoms with Gasteiger partial charge in [0.15, 0.2) is 0 Å². The van der Waals surface area contributed by atoms with Crippen molar-refractivity contribution in [3.63, 3.8) is 0 Å². The number of unbranched alkanes of at least 4 members (excludes halogenated alkanes) is 7. The SMILES string of the molecule is CCCCCCCCCCC(C)(C)c1cccc(Cn2cc(-c3cc(-c4cccc(F)c4)nc(N)n3)nn2)n1. The molecule has 0 radical (unpaired) electrons. The summed E-state index contributed by atoms with van der Waals surface area (Å²) in [6, 6.07) is 14.2. The first-order chi connectivity index (χ1) is 18.8. The van der Waals surface area contributed by atoms with Crippen LogP contribution < -0.4 is 5.73 Å². The summed E-state index contributed by atoms with van der Waals surface area (Å²) in [7, 11) is 0. The highest BCUT2D eigenvalue weighted by Gasteiger charge is 2.22. The zero-order chi connectivity index (χ0) is 27.7. The number of nitrogens with two attached hydrogens (primary N) is 1. The van der Waals surface area contributed by atoms with E-state index in [0.29, 0.717) is 29.2 Å². The molecular weight excluding hydrogens is 489 g/mol. The molecule has 7 nitrogen and oxygen atoms in total. The highest BCUT2D eigenvalue weighted by atomic mass is 19.1. The van der Waals surface area contributed by atoms with Gasteiger partial charge in [0, 0.05) is 16.7 Å². The van der Waals surface area contributed by atoms with Gasteiger partial charge in [0.25, 0.3) is 0 Å². The molecule has 3 heterocycles. The Balaban J connectivity index is 1.38.